The van der Waals surface area contributed by atoms with Crippen LogP contribution in [0.25, 0.3) is 0 Å². The van der Waals surface area contributed by atoms with Gasteiger partial charge in [0.2, 0.25) is 0 Å². The van der Waals surface area contributed by atoms with Crippen molar-refractivity contribution >= 4 is 17.2 Å². The number of aryl methyl sites for hydroxylation is 1. The molecule has 1 amide bonds. The third-order valence-corrected chi connectivity index (χ3v) is 6.65. The molecule has 29 heavy (non-hydrogen) atoms. The molecule has 0 saturated carbocycles. The van der Waals surface area contributed by atoms with Crippen molar-refractivity contribution in [2.24, 2.45) is 0 Å². The van der Waals surface area contributed by atoms with Crippen LogP contribution in [0.3, 0.4) is 0 Å². The van der Waals surface area contributed by atoms with Crippen LogP contribution < -0.4 is 0 Å². The quantitative estimate of drug-likeness (QED) is 0.678. The van der Waals surface area contributed by atoms with Crippen molar-refractivity contribution in [3.8, 4) is 0 Å². The van der Waals surface area contributed by atoms with Crippen molar-refractivity contribution in [2.45, 2.75) is 45.3 Å². The van der Waals surface area contributed by atoms with Gasteiger partial charge in [0.1, 0.15) is 0 Å². The predicted octanol–water partition coefficient (Wildman–Crippen LogP) is 2.30. The first-order chi connectivity index (χ1) is 14.1. The summed E-state index contributed by atoms with van der Waals surface area (Å²) in [5.74, 6) is 0.0331. The van der Waals surface area contributed by atoms with Gasteiger partial charge in [0, 0.05) is 42.3 Å². The van der Waals surface area contributed by atoms with Gasteiger partial charge in [-0.3, -0.25) is 14.4 Å². The fraction of sp³-hybridized carbons (Fsp3) is 0.571. The van der Waals surface area contributed by atoms with E-state index in [0.717, 1.165) is 42.1 Å². The standard InChI is InChI=1S/C21H29N5O2S/c1-4-7-26-19-6-5-17(24(3)13-16-14-29-15(2)22-16)12-18(19)20(23-26)21(27)25-8-10-28-11-9-25/h4,14,17H,1,5-13H2,2-3H3. The van der Waals surface area contributed by atoms with Gasteiger partial charge >= 0.3 is 0 Å². The summed E-state index contributed by atoms with van der Waals surface area (Å²) in [4.78, 5) is 22.0. The van der Waals surface area contributed by atoms with Crippen molar-refractivity contribution in [2.75, 3.05) is 33.4 Å². The molecule has 0 radical (unpaired) electrons. The molecule has 0 N–H and O–H groups in total. The highest BCUT2D eigenvalue weighted by Crippen LogP contribution is 2.29. The molecule has 156 valence electrons. The number of rotatable bonds is 6. The number of amides is 1. The summed E-state index contributed by atoms with van der Waals surface area (Å²) >= 11 is 1.69. The highest BCUT2D eigenvalue weighted by Gasteiger charge is 2.32. The molecule has 1 aliphatic heterocycles. The summed E-state index contributed by atoms with van der Waals surface area (Å²) in [6.45, 7) is 9.82. The maximum Gasteiger partial charge on any atom is 0.274 e. The van der Waals surface area contributed by atoms with E-state index in [1.807, 2.05) is 22.6 Å². The number of hydrogen-bond acceptors (Lipinski definition) is 6. The molecule has 7 nitrogen and oxygen atoms in total. The number of aromatic nitrogens is 3. The molecule has 2 aliphatic rings. The number of thiazole rings is 1. The van der Waals surface area contributed by atoms with Crippen LogP contribution in [0, 0.1) is 6.92 Å². The summed E-state index contributed by atoms with van der Waals surface area (Å²) < 4.78 is 7.37. The van der Waals surface area contributed by atoms with Gasteiger partial charge in [-0.2, -0.15) is 5.10 Å². The minimum atomic E-state index is 0.0331. The maximum atomic E-state index is 13.2. The molecule has 1 aliphatic carbocycles. The van der Waals surface area contributed by atoms with E-state index < -0.39 is 0 Å². The predicted molar refractivity (Wildman–Crippen MR) is 113 cm³/mol. The first-order valence-corrected chi connectivity index (χ1v) is 11.1. The Morgan fingerprint density at radius 1 is 1.45 bits per heavy atom. The molecule has 1 saturated heterocycles. The Morgan fingerprint density at radius 2 is 2.24 bits per heavy atom. The molecular weight excluding hydrogens is 386 g/mol. The highest BCUT2D eigenvalue weighted by atomic mass is 32.1. The summed E-state index contributed by atoms with van der Waals surface area (Å²) in [5.41, 5.74) is 4.04. The zero-order valence-corrected chi connectivity index (χ0v) is 18.1. The van der Waals surface area contributed by atoms with Crippen molar-refractivity contribution in [1.29, 1.82) is 0 Å². The molecule has 0 bridgehead atoms. The minimum Gasteiger partial charge on any atom is -0.378 e. The summed E-state index contributed by atoms with van der Waals surface area (Å²) in [7, 11) is 2.15. The molecule has 8 heteroatoms. The lowest BCUT2D eigenvalue weighted by Crippen LogP contribution is -2.42. The number of nitrogens with zero attached hydrogens (tertiary/aromatic N) is 5. The molecule has 1 atom stereocenters. The Balaban J connectivity index is 1.56. The summed E-state index contributed by atoms with van der Waals surface area (Å²) in [6.07, 6.45) is 4.68. The SMILES string of the molecule is C=CCn1nc(C(=O)N2CCOCC2)c2c1CCC(N(C)Cc1csc(C)n1)C2. The van der Waals surface area contributed by atoms with Crippen molar-refractivity contribution in [3.05, 3.63) is 45.7 Å². The van der Waals surface area contributed by atoms with Crippen LogP contribution in [0.4, 0.5) is 0 Å². The lowest BCUT2D eigenvalue weighted by atomic mass is 9.90. The van der Waals surface area contributed by atoms with Gasteiger partial charge in [-0.25, -0.2) is 4.98 Å². The third kappa shape index (κ3) is 4.29. The van der Waals surface area contributed by atoms with E-state index in [1.54, 1.807) is 11.3 Å². The Hall–Kier alpha value is -2.03. The number of carbonyl (C=O) groups is 1. The van der Waals surface area contributed by atoms with Gasteiger partial charge in [0.15, 0.2) is 5.69 Å². The Morgan fingerprint density at radius 3 is 2.93 bits per heavy atom. The van der Waals surface area contributed by atoms with Crippen LogP contribution in [0.5, 0.6) is 0 Å². The summed E-state index contributed by atoms with van der Waals surface area (Å²) in [6, 6.07) is 0.377. The maximum absolute atomic E-state index is 13.2. The van der Waals surface area contributed by atoms with Gasteiger partial charge in [-0.15, -0.1) is 17.9 Å². The average Bonchev–Trinajstić information content (AvgIpc) is 3.31. The van der Waals surface area contributed by atoms with E-state index in [0.29, 0.717) is 44.6 Å². The summed E-state index contributed by atoms with van der Waals surface area (Å²) in [5, 5.41) is 7.96. The molecular formula is C21H29N5O2S. The van der Waals surface area contributed by atoms with Gasteiger partial charge in [0.25, 0.3) is 5.91 Å². The normalized spacial score (nSPS) is 19.4. The van der Waals surface area contributed by atoms with Crippen LogP contribution in [0.1, 0.15) is 38.9 Å². The molecule has 0 aromatic carbocycles. The first-order valence-electron chi connectivity index (χ1n) is 10.2. The van der Waals surface area contributed by atoms with Crippen LogP contribution in [0.15, 0.2) is 18.0 Å². The second kappa shape index (κ2) is 8.77. The van der Waals surface area contributed by atoms with Crippen molar-refractivity contribution in [3.63, 3.8) is 0 Å². The number of likely N-dealkylation sites (N-methyl/N-ethyl adjacent to an activating group) is 1. The Bertz CT molecular complexity index is 884. The molecule has 0 spiro atoms. The van der Waals surface area contributed by atoms with Gasteiger partial charge < -0.3 is 9.64 Å². The van der Waals surface area contributed by atoms with Gasteiger partial charge in [0.05, 0.1) is 30.5 Å². The van der Waals surface area contributed by atoms with Crippen LogP contribution in [-0.4, -0.2) is 69.9 Å². The molecule has 3 heterocycles. The number of morpholine rings is 1. The number of allylic oxidation sites excluding steroid dienone is 1. The second-order valence-corrected chi connectivity index (χ2v) is 8.88. The average molecular weight is 416 g/mol. The van der Waals surface area contributed by atoms with Crippen molar-refractivity contribution < 1.29 is 9.53 Å². The zero-order valence-electron chi connectivity index (χ0n) is 17.3. The van der Waals surface area contributed by atoms with Crippen LogP contribution in [-0.2, 0) is 30.7 Å². The van der Waals surface area contributed by atoms with Crippen LogP contribution >= 0.6 is 11.3 Å². The number of hydrogen-bond donors (Lipinski definition) is 0. The number of fused-ring (bicyclic) bond motifs is 1. The van der Waals surface area contributed by atoms with E-state index >= 15 is 0 Å². The van der Waals surface area contributed by atoms with Crippen molar-refractivity contribution in [1.82, 2.24) is 24.6 Å². The number of ether oxygens (including phenoxy) is 1. The molecule has 2 aromatic heterocycles. The topological polar surface area (TPSA) is 63.5 Å². The van der Waals surface area contributed by atoms with E-state index in [-0.39, 0.29) is 5.91 Å². The monoisotopic (exact) mass is 415 g/mol. The largest absolute Gasteiger partial charge is 0.378 e. The first kappa shape index (κ1) is 20.3. The molecule has 1 unspecified atom stereocenters. The van der Waals surface area contributed by atoms with E-state index in [9.17, 15) is 4.79 Å². The smallest absolute Gasteiger partial charge is 0.274 e. The fourth-order valence-corrected chi connectivity index (χ4v) is 4.88. The molecule has 4 rings (SSSR count). The lowest BCUT2D eigenvalue weighted by molar-refractivity contribution is 0.0297. The molecule has 1 fully saturated rings. The Labute approximate surface area is 176 Å². The zero-order chi connectivity index (χ0) is 20.4. The van der Waals surface area contributed by atoms with E-state index in [4.69, 9.17) is 9.84 Å². The fourth-order valence-electron chi connectivity index (χ4n) is 4.27. The van der Waals surface area contributed by atoms with Gasteiger partial charge in [-0.05, 0) is 33.2 Å². The van der Waals surface area contributed by atoms with Gasteiger partial charge in [-0.1, -0.05) is 6.08 Å². The Kier molecular flexibility index (Phi) is 6.12. The van der Waals surface area contributed by atoms with Crippen LogP contribution in [0.2, 0.25) is 0 Å². The second-order valence-electron chi connectivity index (χ2n) is 7.82. The third-order valence-electron chi connectivity index (χ3n) is 5.82. The molecule has 2 aromatic rings. The van der Waals surface area contributed by atoms with E-state index in [1.165, 1.54) is 5.69 Å². The van der Waals surface area contributed by atoms with E-state index in [2.05, 4.69) is 28.9 Å². The minimum absolute atomic E-state index is 0.0331. The lowest BCUT2D eigenvalue weighted by Gasteiger charge is -2.32. The number of carbonyl (C=O) groups excluding carboxylic acids is 1. The highest BCUT2D eigenvalue weighted by molar-refractivity contribution is 7.09.